The molecule has 0 aromatic heterocycles. The van der Waals surface area contributed by atoms with Gasteiger partial charge in [-0.15, -0.1) is 12.6 Å². The van der Waals surface area contributed by atoms with Gasteiger partial charge in [-0.3, -0.25) is 0 Å². The minimum atomic E-state index is 0. The molecule has 1 saturated heterocycles. The Morgan fingerprint density at radius 3 is 2.42 bits per heavy atom. The summed E-state index contributed by atoms with van der Waals surface area (Å²) in [6.45, 7) is 8.16. The van der Waals surface area contributed by atoms with Gasteiger partial charge in [0, 0.05) is 33.3 Å². The van der Waals surface area contributed by atoms with E-state index in [9.17, 15) is 0 Å². The van der Waals surface area contributed by atoms with Crippen LogP contribution >= 0.6 is 0 Å². The first-order valence-electron chi connectivity index (χ1n) is 4.28. The van der Waals surface area contributed by atoms with Crippen LogP contribution in [0.3, 0.4) is 0 Å². The molecule has 0 bridgehead atoms. The number of ether oxygens (including phenoxy) is 1. The molecule has 1 aliphatic heterocycles. The second-order valence-electron chi connectivity index (χ2n) is 2.44. The summed E-state index contributed by atoms with van der Waals surface area (Å²) in [5, 5.41) is 4.38. The molecule has 0 N–H and O–H groups in total. The van der Waals surface area contributed by atoms with Crippen LogP contribution in [0.15, 0.2) is 0 Å². The van der Waals surface area contributed by atoms with E-state index >= 15 is 0 Å². The van der Waals surface area contributed by atoms with Gasteiger partial charge in [0.1, 0.15) is 0 Å². The van der Waals surface area contributed by atoms with Gasteiger partial charge in [-0.25, -0.2) is 0 Å². The molecule has 1 aliphatic rings. The van der Waals surface area contributed by atoms with E-state index in [0.29, 0.717) is 12.1 Å². The first kappa shape index (κ1) is 15.1. The second kappa shape index (κ2) is 9.66. The summed E-state index contributed by atoms with van der Waals surface area (Å²) >= 11 is 0. The van der Waals surface area contributed by atoms with Gasteiger partial charge in [0.15, 0.2) is 0 Å². The van der Waals surface area contributed by atoms with Crippen molar-refractivity contribution in [3.8, 4) is 0 Å². The average molecular weight is 255 g/mol. The quantitative estimate of drug-likeness (QED) is 0.695. The van der Waals surface area contributed by atoms with Crippen molar-refractivity contribution in [3.63, 3.8) is 0 Å². The van der Waals surface area contributed by atoms with E-state index in [1.54, 1.807) is 14.0 Å². The van der Waals surface area contributed by atoms with E-state index in [2.05, 4.69) is 19.2 Å². The molecule has 0 spiro atoms. The molecule has 0 aliphatic carbocycles. The number of methoxy groups -OCH3 is 1. The van der Waals surface area contributed by atoms with Crippen molar-refractivity contribution in [1.82, 2.24) is 0 Å². The fourth-order valence-corrected chi connectivity index (χ4v) is 1.34. The molecule has 0 aromatic rings. The third-order valence-electron chi connectivity index (χ3n) is 1.93. The van der Waals surface area contributed by atoms with Gasteiger partial charge in [-0.05, 0) is 6.42 Å². The molecule has 1 rings (SSSR count). The summed E-state index contributed by atoms with van der Waals surface area (Å²) in [6, 6.07) is 0.481. The summed E-state index contributed by atoms with van der Waals surface area (Å²) in [7, 11) is 1.77. The number of rotatable bonds is 2. The Labute approximate surface area is 89.8 Å². The van der Waals surface area contributed by atoms with Crippen molar-refractivity contribution in [3.05, 3.63) is 12.2 Å². The Morgan fingerprint density at radius 2 is 2.08 bits per heavy atom. The summed E-state index contributed by atoms with van der Waals surface area (Å²) in [5.41, 5.74) is 0. The van der Waals surface area contributed by atoms with Crippen LogP contribution in [0.4, 0.5) is 0 Å². The zero-order valence-electron chi connectivity index (χ0n) is 8.22. The third-order valence-corrected chi connectivity index (χ3v) is 1.93. The number of hydrogen-bond donors (Lipinski definition) is 0. The van der Waals surface area contributed by atoms with E-state index < -0.39 is 0 Å². The molecule has 12 heavy (non-hydrogen) atoms. The molecule has 3 heteroatoms. The molecule has 0 aromatic carbocycles. The summed E-state index contributed by atoms with van der Waals surface area (Å²) < 4.78 is 5.22. The molecule has 1 heterocycles. The molecule has 2 unspecified atom stereocenters. The zero-order chi connectivity index (χ0) is 8.69. The van der Waals surface area contributed by atoms with Crippen molar-refractivity contribution < 1.29 is 24.8 Å². The Morgan fingerprint density at radius 1 is 1.50 bits per heavy atom. The first-order valence-corrected chi connectivity index (χ1v) is 4.28. The molecule has 75 valence electrons. The Hall–Kier alpha value is 0.569. The van der Waals surface area contributed by atoms with Crippen molar-refractivity contribution in [2.45, 2.75) is 38.8 Å². The van der Waals surface area contributed by atoms with Crippen LogP contribution in [0.2, 0.25) is 0 Å². The van der Waals surface area contributed by atoms with E-state index in [1.165, 1.54) is 0 Å². The maximum atomic E-state index is 5.22. The standard InChI is InChI=1S/C7H14NO.C2H5.Tc/c1-3-6-7(9-2)4-5-8-6;1-2;/h6-7H,3-5H2,1-2H3;1H2,2H3;/q2*-1;. The van der Waals surface area contributed by atoms with E-state index in [4.69, 9.17) is 4.74 Å². The molecular weight excluding hydrogens is 236 g/mol. The van der Waals surface area contributed by atoms with Crippen LogP contribution < -0.4 is 0 Å². The predicted octanol–water partition coefficient (Wildman–Crippen LogP) is 2.40. The van der Waals surface area contributed by atoms with Gasteiger partial charge in [0.25, 0.3) is 0 Å². The van der Waals surface area contributed by atoms with Crippen molar-refractivity contribution in [2.24, 2.45) is 0 Å². The number of hydrogen-bond acceptors (Lipinski definition) is 1. The van der Waals surface area contributed by atoms with Crippen LogP contribution in [0, 0.1) is 6.92 Å². The first-order chi connectivity index (χ1) is 5.38. The second-order valence-corrected chi connectivity index (χ2v) is 2.44. The molecule has 1 radical (unpaired) electrons. The third kappa shape index (κ3) is 4.56. The maximum Gasteiger partial charge on any atom is 0.0395 e. The summed E-state index contributed by atoms with van der Waals surface area (Å²) in [4.78, 5) is 0. The zero-order valence-corrected chi connectivity index (χ0v) is 10.1. The predicted molar refractivity (Wildman–Crippen MR) is 48.8 cm³/mol. The van der Waals surface area contributed by atoms with Crippen LogP contribution in [-0.2, 0) is 24.8 Å². The Balaban J connectivity index is 0. The smallest absolute Gasteiger partial charge is 0.0395 e. The van der Waals surface area contributed by atoms with Gasteiger partial charge in [0.2, 0.25) is 0 Å². The van der Waals surface area contributed by atoms with Crippen LogP contribution in [-0.4, -0.2) is 25.8 Å². The maximum absolute atomic E-state index is 5.22. The molecule has 0 amide bonds. The summed E-state index contributed by atoms with van der Waals surface area (Å²) in [6.07, 6.45) is 2.66. The van der Waals surface area contributed by atoms with Crippen LogP contribution in [0.25, 0.3) is 5.32 Å². The molecular formula is C9H19NOTc-2. The molecule has 1 fully saturated rings. The van der Waals surface area contributed by atoms with E-state index in [1.807, 2.05) is 0 Å². The normalized spacial score (nSPS) is 27.0. The van der Waals surface area contributed by atoms with Gasteiger partial charge in [0.05, 0.1) is 0 Å². The van der Waals surface area contributed by atoms with Crippen molar-refractivity contribution >= 4 is 0 Å². The average Bonchev–Trinajstić information content (AvgIpc) is 2.54. The largest absolute Gasteiger partial charge is 0.657 e. The Bertz CT molecular complexity index is 80.6. The molecule has 0 saturated carbocycles. The monoisotopic (exact) mass is 254 g/mol. The topological polar surface area (TPSA) is 23.3 Å². The van der Waals surface area contributed by atoms with Gasteiger partial charge in [-0.1, -0.05) is 13.3 Å². The van der Waals surface area contributed by atoms with Crippen molar-refractivity contribution in [2.75, 3.05) is 13.7 Å². The minimum Gasteiger partial charge on any atom is -0.657 e. The van der Waals surface area contributed by atoms with Crippen LogP contribution in [0.1, 0.15) is 26.7 Å². The van der Waals surface area contributed by atoms with E-state index in [-0.39, 0.29) is 20.1 Å². The van der Waals surface area contributed by atoms with Gasteiger partial charge >= 0.3 is 0 Å². The fourth-order valence-electron chi connectivity index (χ4n) is 1.34. The molecule has 2 atom stereocenters. The summed E-state index contributed by atoms with van der Waals surface area (Å²) in [5.74, 6) is 0. The van der Waals surface area contributed by atoms with Crippen molar-refractivity contribution in [1.29, 1.82) is 0 Å². The van der Waals surface area contributed by atoms with Crippen LogP contribution in [0.5, 0.6) is 0 Å². The SMILES string of the molecule is CCC1[N-]CCC1OC.[CH2-]C.[Tc]. The minimum absolute atomic E-state index is 0. The van der Waals surface area contributed by atoms with E-state index in [0.717, 1.165) is 19.4 Å². The van der Waals surface area contributed by atoms with Gasteiger partial charge < -0.3 is 17.0 Å². The number of nitrogens with zero attached hydrogens (tertiary/aromatic N) is 1. The molecule has 2 nitrogen and oxygen atoms in total. The Kier molecular flexibility index (Phi) is 12.1. The fraction of sp³-hybridized carbons (Fsp3) is 0.889. The van der Waals surface area contributed by atoms with Gasteiger partial charge in [-0.2, -0.15) is 6.92 Å².